The number of carbonyl (C=O) groups is 1. The second kappa shape index (κ2) is 9.13. The summed E-state index contributed by atoms with van der Waals surface area (Å²) in [5.41, 5.74) is 1.38. The first-order valence-electron chi connectivity index (χ1n) is 9.46. The summed E-state index contributed by atoms with van der Waals surface area (Å²) >= 11 is 1.32. The van der Waals surface area contributed by atoms with Crippen LogP contribution < -0.4 is 18.9 Å². The molecule has 2 aromatic carbocycles. The van der Waals surface area contributed by atoms with Crippen molar-refractivity contribution in [1.29, 1.82) is 0 Å². The zero-order valence-electron chi connectivity index (χ0n) is 17.2. The maximum Gasteiger partial charge on any atom is 0.231 e. The van der Waals surface area contributed by atoms with Gasteiger partial charge in [0.05, 0.1) is 20.0 Å². The molecular formula is C22H21N3O5S. The van der Waals surface area contributed by atoms with Gasteiger partial charge in [-0.2, -0.15) is 0 Å². The van der Waals surface area contributed by atoms with Crippen LogP contribution in [0, 0.1) is 0 Å². The topological polar surface area (TPSA) is 84.7 Å². The highest BCUT2D eigenvalue weighted by molar-refractivity contribution is 7.99. The smallest absolute Gasteiger partial charge is 0.231 e. The number of allylic oxidation sites excluding steroid dienone is 1. The van der Waals surface area contributed by atoms with E-state index in [9.17, 15) is 4.79 Å². The summed E-state index contributed by atoms with van der Waals surface area (Å²) in [5.74, 6) is 3.27. The number of benzene rings is 2. The first-order valence-corrected chi connectivity index (χ1v) is 10.4. The van der Waals surface area contributed by atoms with Crippen molar-refractivity contribution in [3.63, 3.8) is 0 Å². The monoisotopic (exact) mass is 439 g/mol. The average Bonchev–Trinajstić information content (AvgIpc) is 3.43. The predicted molar refractivity (Wildman–Crippen MR) is 116 cm³/mol. The van der Waals surface area contributed by atoms with E-state index in [0.29, 0.717) is 46.1 Å². The number of fused-ring (bicyclic) bond motifs is 1. The minimum atomic E-state index is -0.0521. The maximum atomic E-state index is 12.7. The van der Waals surface area contributed by atoms with Crippen LogP contribution >= 0.6 is 11.8 Å². The van der Waals surface area contributed by atoms with Crippen LogP contribution in [-0.2, 0) is 6.54 Å². The van der Waals surface area contributed by atoms with Crippen LogP contribution in [0.3, 0.4) is 0 Å². The van der Waals surface area contributed by atoms with E-state index in [1.165, 1.54) is 18.9 Å². The lowest BCUT2D eigenvalue weighted by Crippen LogP contribution is -2.06. The number of nitrogens with zero attached hydrogens (tertiary/aromatic N) is 3. The van der Waals surface area contributed by atoms with Gasteiger partial charge in [-0.25, -0.2) is 0 Å². The Morgan fingerprint density at radius 2 is 1.94 bits per heavy atom. The standard InChI is InChI=1S/C22H21N3O5S/c1-4-9-25-21(15-6-8-18-20(11-15)30-13-29-18)23-24-22(25)31-12-16(26)14-5-7-17(27-2)19(10-14)28-3/h4-8,10-11H,1,9,12-13H2,2-3H3. The van der Waals surface area contributed by atoms with Crippen LogP contribution in [0.5, 0.6) is 23.0 Å². The van der Waals surface area contributed by atoms with Crippen LogP contribution in [0.1, 0.15) is 10.4 Å². The van der Waals surface area contributed by atoms with Gasteiger partial charge in [-0.15, -0.1) is 16.8 Å². The second-order valence-corrected chi connectivity index (χ2v) is 7.50. The summed E-state index contributed by atoms with van der Waals surface area (Å²) in [7, 11) is 3.09. The van der Waals surface area contributed by atoms with Gasteiger partial charge in [0.2, 0.25) is 6.79 Å². The lowest BCUT2D eigenvalue weighted by atomic mass is 10.1. The molecule has 160 valence electrons. The number of aromatic nitrogens is 3. The molecule has 0 amide bonds. The maximum absolute atomic E-state index is 12.7. The van der Waals surface area contributed by atoms with Gasteiger partial charge in [-0.1, -0.05) is 17.8 Å². The summed E-state index contributed by atoms with van der Waals surface area (Å²) in [6, 6.07) is 10.7. The van der Waals surface area contributed by atoms with Crippen molar-refractivity contribution in [1.82, 2.24) is 14.8 Å². The Kier molecular flexibility index (Phi) is 6.13. The van der Waals surface area contributed by atoms with Crippen molar-refractivity contribution < 1.29 is 23.7 Å². The third kappa shape index (κ3) is 4.22. The van der Waals surface area contributed by atoms with Crippen LogP contribution in [0.15, 0.2) is 54.2 Å². The SMILES string of the molecule is C=CCn1c(SCC(=O)c2ccc(OC)c(OC)c2)nnc1-c1ccc2c(c1)OCO2. The number of methoxy groups -OCH3 is 2. The van der Waals surface area contributed by atoms with Gasteiger partial charge in [0.15, 0.2) is 39.8 Å². The van der Waals surface area contributed by atoms with Crippen molar-refractivity contribution in [2.45, 2.75) is 11.7 Å². The molecule has 8 nitrogen and oxygen atoms in total. The van der Waals surface area contributed by atoms with Gasteiger partial charge in [0.25, 0.3) is 0 Å². The van der Waals surface area contributed by atoms with Gasteiger partial charge in [0.1, 0.15) is 0 Å². The molecule has 1 aromatic heterocycles. The van der Waals surface area contributed by atoms with Gasteiger partial charge in [-0.05, 0) is 36.4 Å². The molecule has 31 heavy (non-hydrogen) atoms. The fraction of sp³-hybridized carbons (Fsp3) is 0.227. The van der Waals surface area contributed by atoms with Crippen molar-refractivity contribution >= 4 is 17.5 Å². The van der Waals surface area contributed by atoms with Crippen LogP contribution in [0.25, 0.3) is 11.4 Å². The molecule has 1 aliphatic heterocycles. The van der Waals surface area contributed by atoms with E-state index in [2.05, 4.69) is 16.8 Å². The highest BCUT2D eigenvalue weighted by atomic mass is 32.2. The molecule has 0 atom stereocenters. The fourth-order valence-electron chi connectivity index (χ4n) is 3.16. The first kappa shape index (κ1) is 20.8. The van der Waals surface area contributed by atoms with E-state index in [1.54, 1.807) is 31.4 Å². The van der Waals surface area contributed by atoms with E-state index in [0.717, 1.165) is 5.56 Å². The van der Waals surface area contributed by atoms with Crippen molar-refractivity contribution in [2.24, 2.45) is 0 Å². The number of Topliss-reactive ketones (excluding diaryl/α,β-unsaturated/α-hetero) is 1. The van der Waals surface area contributed by atoms with Gasteiger partial charge >= 0.3 is 0 Å². The molecule has 0 fully saturated rings. The normalized spacial score (nSPS) is 11.9. The van der Waals surface area contributed by atoms with Gasteiger partial charge < -0.3 is 18.9 Å². The molecular weight excluding hydrogens is 418 g/mol. The quantitative estimate of drug-likeness (QED) is 0.282. The lowest BCUT2D eigenvalue weighted by molar-refractivity contribution is 0.102. The number of ether oxygens (including phenoxy) is 4. The minimum Gasteiger partial charge on any atom is -0.493 e. The third-order valence-electron chi connectivity index (χ3n) is 4.70. The molecule has 0 saturated carbocycles. The molecule has 4 rings (SSSR count). The Balaban J connectivity index is 1.54. The Bertz CT molecular complexity index is 1130. The van der Waals surface area contributed by atoms with Crippen molar-refractivity contribution in [3.05, 3.63) is 54.6 Å². The van der Waals surface area contributed by atoms with Crippen LogP contribution in [-0.4, -0.2) is 47.3 Å². The third-order valence-corrected chi connectivity index (χ3v) is 5.66. The number of hydrogen-bond acceptors (Lipinski definition) is 8. The van der Waals surface area contributed by atoms with E-state index in [1.807, 2.05) is 22.8 Å². The van der Waals surface area contributed by atoms with E-state index < -0.39 is 0 Å². The molecule has 3 aromatic rings. The average molecular weight is 439 g/mol. The van der Waals surface area contributed by atoms with E-state index in [4.69, 9.17) is 18.9 Å². The Morgan fingerprint density at radius 1 is 1.13 bits per heavy atom. The van der Waals surface area contributed by atoms with Crippen LogP contribution in [0.4, 0.5) is 0 Å². The predicted octanol–water partition coefficient (Wildman–Crippen LogP) is 3.85. The molecule has 0 radical (unpaired) electrons. The Labute approximate surface area is 183 Å². The molecule has 0 unspecified atom stereocenters. The van der Waals surface area contributed by atoms with Crippen molar-refractivity contribution in [3.8, 4) is 34.4 Å². The van der Waals surface area contributed by atoms with Crippen LogP contribution in [0.2, 0.25) is 0 Å². The molecule has 0 N–H and O–H groups in total. The molecule has 9 heteroatoms. The second-order valence-electron chi connectivity index (χ2n) is 6.56. The summed E-state index contributed by atoms with van der Waals surface area (Å²) in [4.78, 5) is 12.7. The van der Waals surface area contributed by atoms with E-state index >= 15 is 0 Å². The number of ketones is 1. The molecule has 0 aliphatic carbocycles. The highest BCUT2D eigenvalue weighted by Gasteiger charge is 2.19. The number of thioether (sulfide) groups is 1. The van der Waals surface area contributed by atoms with Crippen molar-refractivity contribution in [2.75, 3.05) is 26.8 Å². The van der Waals surface area contributed by atoms with Gasteiger partial charge in [-0.3, -0.25) is 9.36 Å². The largest absolute Gasteiger partial charge is 0.493 e. The zero-order valence-corrected chi connectivity index (χ0v) is 18.0. The first-order chi connectivity index (χ1) is 15.1. The highest BCUT2D eigenvalue weighted by Crippen LogP contribution is 2.36. The number of rotatable bonds is 9. The number of carbonyl (C=O) groups excluding carboxylic acids is 1. The summed E-state index contributed by atoms with van der Waals surface area (Å²) in [6.45, 7) is 4.53. The van der Waals surface area contributed by atoms with E-state index in [-0.39, 0.29) is 18.3 Å². The fourth-order valence-corrected chi connectivity index (χ4v) is 4.00. The Morgan fingerprint density at radius 3 is 2.71 bits per heavy atom. The summed E-state index contributed by atoms with van der Waals surface area (Å²) in [6.07, 6.45) is 1.76. The minimum absolute atomic E-state index is 0.0521. The summed E-state index contributed by atoms with van der Waals surface area (Å²) in [5, 5.41) is 9.25. The lowest BCUT2D eigenvalue weighted by Gasteiger charge is -2.10. The molecule has 1 aliphatic rings. The van der Waals surface area contributed by atoms with Gasteiger partial charge in [0, 0.05) is 17.7 Å². The molecule has 0 bridgehead atoms. The Hall–Kier alpha value is -3.46. The number of hydrogen-bond donors (Lipinski definition) is 0. The summed E-state index contributed by atoms with van der Waals surface area (Å²) < 4.78 is 23.3. The zero-order chi connectivity index (χ0) is 21.8. The molecule has 2 heterocycles. The molecule has 0 spiro atoms. The molecule has 0 saturated heterocycles.